The molecule has 0 radical (unpaired) electrons. The molecular weight excluding hydrogens is 332 g/mol. The highest BCUT2D eigenvalue weighted by molar-refractivity contribution is 5.40. The molecule has 8 nitrogen and oxygen atoms in total. The molecule has 2 unspecified atom stereocenters. The van der Waals surface area contributed by atoms with Gasteiger partial charge < -0.3 is 19.5 Å². The zero-order chi connectivity index (χ0) is 18.3. The number of hydrogen-bond donors (Lipinski definition) is 1. The topological polar surface area (TPSA) is 85.2 Å². The van der Waals surface area contributed by atoms with Crippen molar-refractivity contribution in [1.29, 1.82) is 0 Å². The van der Waals surface area contributed by atoms with E-state index in [0.29, 0.717) is 29.7 Å². The van der Waals surface area contributed by atoms with E-state index in [0.717, 1.165) is 31.7 Å². The van der Waals surface area contributed by atoms with E-state index in [9.17, 15) is 4.79 Å². The second-order valence-corrected chi connectivity index (χ2v) is 7.35. The van der Waals surface area contributed by atoms with Crippen molar-refractivity contribution in [3.8, 4) is 6.01 Å². The molecule has 0 spiro atoms. The largest absolute Gasteiger partial charge is 0.467 e. The zero-order valence-electron chi connectivity index (χ0n) is 15.3. The highest BCUT2D eigenvalue weighted by atomic mass is 16.5. The van der Waals surface area contributed by atoms with Crippen molar-refractivity contribution in [2.24, 2.45) is 5.92 Å². The SMILES string of the molecule is COc1nc(NC(C)C)nc(N2CC3CC(C2)c2cccc(=O)n2C3)n1. The van der Waals surface area contributed by atoms with E-state index in [-0.39, 0.29) is 11.6 Å². The second kappa shape index (κ2) is 6.59. The molecule has 0 amide bonds. The first-order valence-corrected chi connectivity index (χ1v) is 9.04. The molecule has 0 aromatic carbocycles. The predicted molar refractivity (Wildman–Crippen MR) is 98.9 cm³/mol. The molecular formula is C18H24N6O2. The van der Waals surface area contributed by atoms with Crippen molar-refractivity contribution in [2.45, 2.75) is 38.8 Å². The summed E-state index contributed by atoms with van der Waals surface area (Å²) in [6.07, 6.45) is 1.10. The van der Waals surface area contributed by atoms with E-state index in [1.807, 2.05) is 24.5 Å². The van der Waals surface area contributed by atoms with E-state index in [1.165, 1.54) is 0 Å². The number of methoxy groups -OCH3 is 1. The van der Waals surface area contributed by atoms with E-state index < -0.39 is 0 Å². The van der Waals surface area contributed by atoms with Gasteiger partial charge in [-0.25, -0.2) is 0 Å². The van der Waals surface area contributed by atoms with Crippen LogP contribution in [0.5, 0.6) is 6.01 Å². The van der Waals surface area contributed by atoms with Crippen molar-refractivity contribution < 1.29 is 4.74 Å². The molecule has 4 rings (SSSR count). The van der Waals surface area contributed by atoms with Crippen molar-refractivity contribution in [1.82, 2.24) is 19.5 Å². The lowest BCUT2D eigenvalue weighted by atomic mass is 9.83. The Balaban J connectivity index is 1.65. The first kappa shape index (κ1) is 16.8. The van der Waals surface area contributed by atoms with Crippen LogP contribution in [0.4, 0.5) is 11.9 Å². The van der Waals surface area contributed by atoms with E-state index in [2.05, 4.69) is 31.2 Å². The number of anilines is 2. The Morgan fingerprint density at radius 3 is 2.81 bits per heavy atom. The predicted octanol–water partition coefficient (Wildman–Crippen LogP) is 1.49. The van der Waals surface area contributed by atoms with Gasteiger partial charge in [-0.3, -0.25) is 4.79 Å². The first-order chi connectivity index (χ1) is 12.5. The summed E-state index contributed by atoms with van der Waals surface area (Å²) < 4.78 is 7.19. The minimum atomic E-state index is 0.0934. The maximum Gasteiger partial charge on any atom is 0.322 e. The minimum absolute atomic E-state index is 0.0934. The van der Waals surface area contributed by atoms with Crippen molar-refractivity contribution in [2.75, 3.05) is 30.4 Å². The molecule has 1 N–H and O–H groups in total. The summed E-state index contributed by atoms with van der Waals surface area (Å²) in [5, 5.41) is 3.22. The maximum atomic E-state index is 12.2. The molecule has 2 aromatic heterocycles. The van der Waals surface area contributed by atoms with Crippen molar-refractivity contribution >= 4 is 11.9 Å². The van der Waals surface area contributed by atoms with Gasteiger partial charge in [0.05, 0.1) is 7.11 Å². The third-order valence-electron chi connectivity index (χ3n) is 4.97. The van der Waals surface area contributed by atoms with Crippen LogP contribution in [-0.4, -0.2) is 45.8 Å². The summed E-state index contributed by atoms with van der Waals surface area (Å²) in [5.41, 5.74) is 1.20. The Labute approximate surface area is 152 Å². The van der Waals surface area contributed by atoms with Crippen LogP contribution >= 0.6 is 0 Å². The fourth-order valence-corrected chi connectivity index (χ4v) is 3.96. The Kier molecular flexibility index (Phi) is 4.26. The smallest absolute Gasteiger partial charge is 0.322 e. The fourth-order valence-electron chi connectivity index (χ4n) is 3.96. The fraction of sp³-hybridized carbons (Fsp3) is 0.556. The molecule has 26 heavy (non-hydrogen) atoms. The van der Waals surface area contributed by atoms with Crippen LogP contribution < -0.4 is 20.5 Å². The van der Waals surface area contributed by atoms with Crippen LogP contribution in [0.25, 0.3) is 0 Å². The number of rotatable bonds is 4. The molecule has 2 atom stereocenters. The Morgan fingerprint density at radius 1 is 1.19 bits per heavy atom. The molecule has 4 heterocycles. The molecule has 2 aromatic rings. The van der Waals surface area contributed by atoms with Crippen LogP contribution in [0.15, 0.2) is 23.0 Å². The molecule has 0 saturated carbocycles. The van der Waals surface area contributed by atoms with Crippen LogP contribution in [0.2, 0.25) is 0 Å². The standard InChI is InChI=1S/C18H24N6O2/c1-11(2)19-16-20-17(22-18(21-16)26-3)23-8-12-7-13(10-23)14-5-4-6-15(25)24(14)9-12/h4-6,11-13H,7-10H2,1-3H3,(H,19,20,21,22). The van der Waals surface area contributed by atoms with Gasteiger partial charge in [-0.1, -0.05) is 6.07 Å². The zero-order valence-corrected chi connectivity index (χ0v) is 15.3. The number of ether oxygens (including phenoxy) is 1. The molecule has 8 heteroatoms. The van der Waals surface area contributed by atoms with Gasteiger partial charge in [0.25, 0.3) is 5.56 Å². The molecule has 1 fully saturated rings. The number of pyridine rings is 1. The monoisotopic (exact) mass is 356 g/mol. The number of aromatic nitrogens is 4. The Bertz CT molecular complexity index is 865. The third kappa shape index (κ3) is 3.11. The summed E-state index contributed by atoms with van der Waals surface area (Å²) >= 11 is 0. The number of nitrogens with one attached hydrogen (secondary N) is 1. The first-order valence-electron chi connectivity index (χ1n) is 9.04. The van der Waals surface area contributed by atoms with Gasteiger partial charge in [-0.2, -0.15) is 15.0 Å². The molecule has 138 valence electrons. The average Bonchev–Trinajstić information content (AvgIpc) is 2.61. The summed E-state index contributed by atoms with van der Waals surface area (Å²) in [5.74, 6) is 1.86. The molecule has 1 saturated heterocycles. The van der Waals surface area contributed by atoms with Gasteiger partial charge >= 0.3 is 6.01 Å². The molecule has 2 bridgehead atoms. The highest BCUT2D eigenvalue weighted by Gasteiger charge is 2.35. The van der Waals surface area contributed by atoms with Gasteiger partial charge in [0.15, 0.2) is 0 Å². The number of hydrogen-bond acceptors (Lipinski definition) is 7. The second-order valence-electron chi connectivity index (χ2n) is 7.35. The quantitative estimate of drug-likeness (QED) is 0.888. The Hall–Kier alpha value is -2.64. The molecule has 2 aliphatic heterocycles. The minimum Gasteiger partial charge on any atom is -0.467 e. The average molecular weight is 356 g/mol. The number of fused-ring (bicyclic) bond motifs is 4. The van der Waals surface area contributed by atoms with Crippen LogP contribution in [0, 0.1) is 5.92 Å². The number of piperidine rings is 1. The molecule has 0 aliphatic carbocycles. The van der Waals surface area contributed by atoms with Crippen LogP contribution in [-0.2, 0) is 6.54 Å². The number of nitrogens with zero attached hydrogens (tertiary/aromatic N) is 5. The van der Waals surface area contributed by atoms with Gasteiger partial charge in [-0.05, 0) is 32.3 Å². The maximum absolute atomic E-state index is 12.2. The van der Waals surface area contributed by atoms with Crippen LogP contribution in [0.1, 0.15) is 31.9 Å². The van der Waals surface area contributed by atoms with Gasteiger partial charge in [0.2, 0.25) is 11.9 Å². The van der Waals surface area contributed by atoms with E-state index in [1.54, 1.807) is 13.2 Å². The lowest BCUT2D eigenvalue weighted by Gasteiger charge is -2.42. The van der Waals surface area contributed by atoms with Crippen LogP contribution in [0.3, 0.4) is 0 Å². The normalized spacial score (nSPS) is 21.5. The van der Waals surface area contributed by atoms with Gasteiger partial charge in [0.1, 0.15) is 0 Å². The van der Waals surface area contributed by atoms with Crippen molar-refractivity contribution in [3.05, 3.63) is 34.2 Å². The van der Waals surface area contributed by atoms with E-state index >= 15 is 0 Å². The summed E-state index contributed by atoms with van der Waals surface area (Å²) in [7, 11) is 1.56. The van der Waals surface area contributed by atoms with Gasteiger partial charge in [-0.15, -0.1) is 0 Å². The lowest BCUT2D eigenvalue weighted by Crippen LogP contribution is -2.47. The highest BCUT2D eigenvalue weighted by Crippen LogP contribution is 2.36. The lowest BCUT2D eigenvalue weighted by molar-refractivity contribution is 0.279. The van der Waals surface area contributed by atoms with E-state index in [4.69, 9.17) is 4.74 Å². The Morgan fingerprint density at radius 2 is 2.04 bits per heavy atom. The summed E-state index contributed by atoms with van der Waals surface area (Å²) in [6, 6.07) is 6.08. The summed E-state index contributed by atoms with van der Waals surface area (Å²) in [6.45, 7) is 6.44. The van der Waals surface area contributed by atoms with Gasteiger partial charge in [0, 0.05) is 43.4 Å². The summed E-state index contributed by atoms with van der Waals surface area (Å²) in [4.78, 5) is 27.7. The third-order valence-corrected chi connectivity index (χ3v) is 4.97. The van der Waals surface area contributed by atoms with Crippen molar-refractivity contribution in [3.63, 3.8) is 0 Å². The molecule has 2 aliphatic rings.